The number of hydrogen-bond donors (Lipinski definition) is 0. The number of carbonyl (C=O) groups is 2. The van der Waals surface area contributed by atoms with Crippen LogP contribution in [-0.2, 0) is 27.4 Å². The molecule has 1 atom stereocenters. The summed E-state index contributed by atoms with van der Waals surface area (Å²) < 4.78 is 12.7. The molecule has 1 amide bonds. The Balaban J connectivity index is 1.83. The number of nitrogens with zero attached hydrogens (tertiary/aromatic N) is 4. The molecule has 0 saturated carbocycles. The van der Waals surface area contributed by atoms with Crippen LogP contribution in [0.5, 0.6) is 0 Å². The third-order valence-corrected chi connectivity index (χ3v) is 8.34. The lowest BCUT2D eigenvalue weighted by Crippen LogP contribution is -2.43. The molecule has 2 aliphatic heterocycles. The molecule has 2 fully saturated rings. The largest absolute Gasteiger partial charge is 0.467 e. The highest BCUT2D eigenvalue weighted by atomic mass is 32.2. The Labute approximate surface area is 237 Å². The molecule has 2 aromatic heterocycles. The second kappa shape index (κ2) is 12.7. The average molecular weight is 569 g/mol. The van der Waals surface area contributed by atoms with Gasteiger partial charge in [0.25, 0.3) is 11.5 Å². The van der Waals surface area contributed by atoms with Gasteiger partial charge in [-0.05, 0) is 56.9 Å². The van der Waals surface area contributed by atoms with Gasteiger partial charge in [-0.25, -0.2) is 0 Å². The fourth-order valence-electron chi connectivity index (χ4n) is 4.96. The number of unbranched alkanes of at least 4 members (excludes halogenated alkanes) is 1. The lowest BCUT2D eigenvalue weighted by atomic mass is 9.96. The number of anilines is 1. The number of thiocarbonyl (C=S) groups is 1. The topological polar surface area (TPSA) is 109 Å². The molecule has 0 radical (unpaired) electrons. The predicted octanol–water partition coefficient (Wildman–Crippen LogP) is 4.60. The number of aromatic nitrogens is 1. The molecule has 2 aromatic rings. The first-order chi connectivity index (χ1) is 18.8. The Kier molecular flexibility index (Phi) is 9.30. The molecule has 39 heavy (non-hydrogen) atoms. The van der Waals surface area contributed by atoms with Crippen molar-refractivity contribution in [2.75, 3.05) is 24.6 Å². The molecule has 2 aliphatic rings. The predicted molar refractivity (Wildman–Crippen MR) is 154 cm³/mol. The summed E-state index contributed by atoms with van der Waals surface area (Å²) in [5, 5.41) is 9.92. The molecule has 9 nitrogen and oxygen atoms in total. The molecule has 4 rings (SSSR count). The third kappa shape index (κ3) is 5.97. The van der Waals surface area contributed by atoms with Crippen molar-refractivity contribution >= 4 is 52.1 Å². The van der Waals surface area contributed by atoms with E-state index in [9.17, 15) is 19.6 Å². The van der Waals surface area contributed by atoms with Crippen LogP contribution in [0.25, 0.3) is 6.08 Å². The van der Waals surface area contributed by atoms with Crippen LogP contribution < -0.4 is 10.5 Å². The zero-order chi connectivity index (χ0) is 28.1. The molecule has 0 bridgehead atoms. The lowest BCUT2D eigenvalue weighted by molar-refractivity contribution is -0.148. The molecule has 206 valence electrons. The molecule has 1 unspecified atom stereocenters. The number of ether oxygens (including phenoxy) is 1. The number of thioether (sulfide) groups is 1. The highest BCUT2D eigenvalue weighted by Gasteiger charge is 2.35. The molecule has 0 N–H and O–H groups in total. The van der Waals surface area contributed by atoms with E-state index in [0.717, 1.165) is 19.3 Å². The van der Waals surface area contributed by atoms with Crippen LogP contribution in [0.2, 0.25) is 0 Å². The van der Waals surface area contributed by atoms with Crippen molar-refractivity contribution in [1.82, 2.24) is 9.47 Å². The second-order valence-electron chi connectivity index (χ2n) is 9.54. The Bertz CT molecular complexity index is 1390. The van der Waals surface area contributed by atoms with Crippen LogP contribution in [0.3, 0.4) is 0 Å². The minimum atomic E-state index is -0.362. The van der Waals surface area contributed by atoms with Crippen molar-refractivity contribution in [3.05, 3.63) is 56.1 Å². The zero-order valence-corrected chi connectivity index (χ0v) is 24.0. The van der Waals surface area contributed by atoms with E-state index in [1.807, 2.05) is 11.8 Å². The van der Waals surface area contributed by atoms with Gasteiger partial charge in [-0.2, -0.15) is 5.26 Å². The Morgan fingerprint density at radius 3 is 2.82 bits per heavy atom. The number of rotatable bonds is 9. The summed E-state index contributed by atoms with van der Waals surface area (Å²) in [5.74, 6) is 0.386. The summed E-state index contributed by atoms with van der Waals surface area (Å²) >= 11 is 6.69. The van der Waals surface area contributed by atoms with Crippen LogP contribution in [0, 0.1) is 24.2 Å². The number of esters is 1. The fraction of sp³-hybridized carbons (Fsp3) is 0.464. The Hall–Kier alpha value is -3.36. The van der Waals surface area contributed by atoms with Crippen molar-refractivity contribution in [2.45, 2.75) is 59.5 Å². The quantitative estimate of drug-likeness (QED) is 0.243. The normalized spacial score (nSPS) is 18.6. The minimum Gasteiger partial charge on any atom is -0.467 e. The van der Waals surface area contributed by atoms with Crippen LogP contribution >= 0.6 is 24.0 Å². The van der Waals surface area contributed by atoms with Crippen LogP contribution in [0.4, 0.5) is 5.82 Å². The number of carbonyl (C=O) groups excluding carboxylic acids is 2. The summed E-state index contributed by atoms with van der Waals surface area (Å²) in [6, 6.07) is 5.62. The van der Waals surface area contributed by atoms with Gasteiger partial charge in [-0.3, -0.25) is 23.9 Å². The van der Waals surface area contributed by atoms with Crippen molar-refractivity contribution in [1.29, 1.82) is 5.26 Å². The van der Waals surface area contributed by atoms with Crippen molar-refractivity contribution in [3.63, 3.8) is 0 Å². The number of piperidine rings is 1. The number of furan rings is 1. The zero-order valence-electron chi connectivity index (χ0n) is 22.4. The summed E-state index contributed by atoms with van der Waals surface area (Å²) in [6.45, 7) is 7.50. The van der Waals surface area contributed by atoms with Crippen molar-refractivity contribution < 1.29 is 18.7 Å². The maximum Gasteiger partial charge on any atom is 0.310 e. The first kappa shape index (κ1) is 28.6. The van der Waals surface area contributed by atoms with Gasteiger partial charge >= 0.3 is 5.97 Å². The highest BCUT2D eigenvalue weighted by molar-refractivity contribution is 8.26. The van der Waals surface area contributed by atoms with E-state index in [4.69, 9.17) is 21.4 Å². The Morgan fingerprint density at radius 2 is 2.15 bits per heavy atom. The summed E-state index contributed by atoms with van der Waals surface area (Å²) in [4.78, 5) is 43.5. The molecular formula is C28H32N4O5S2. The molecule has 11 heteroatoms. The number of pyridine rings is 1. The van der Waals surface area contributed by atoms with E-state index in [-0.39, 0.29) is 35.5 Å². The Morgan fingerprint density at radius 1 is 1.36 bits per heavy atom. The maximum atomic E-state index is 13.5. The molecule has 0 spiro atoms. The van der Waals surface area contributed by atoms with E-state index in [1.165, 1.54) is 16.7 Å². The minimum absolute atomic E-state index is 0.0473. The average Bonchev–Trinajstić information content (AvgIpc) is 3.54. The fourth-order valence-corrected chi connectivity index (χ4v) is 6.19. The van der Waals surface area contributed by atoms with Gasteiger partial charge in [-0.1, -0.05) is 37.3 Å². The van der Waals surface area contributed by atoms with Gasteiger partial charge in [0.2, 0.25) is 0 Å². The monoisotopic (exact) mass is 568 g/mol. The van der Waals surface area contributed by atoms with E-state index in [2.05, 4.69) is 6.07 Å². The van der Waals surface area contributed by atoms with Gasteiger partial charge in [0.1, 0.15) is 27.5 Å². The SMILES string of the molecule is CCCCn1c(N2CCCC(C(=O)OCC)C2)c(/C=C2\SC(=S)N(Cc3ccco3)C2=O)c(C)c(C#N)c1=O. The molecular weight excluding hydrogens is 536 g/mol. The van der Waals surface area contributed by atoms with E-state index < -0.39 is 0 Å². The third-order valence-electron chi connectivity index (χ3n) is 6.97. The van der Waals surface area contributed by atoms with Crippen molar-refractivity contribution in [2.24, 2.45) is 5.92 Å². The van der Waals surface area contributed by atoms with Gasteiger partial charge in [0, 0.05) is 25.2 Å². The van der Waals surface area contributed by atoms with Gasteiger partial charge in [0.05, 0.1) is 30.2 Å². The summed E-state index contributed by atoms with van der Waals surface area (Å²) in [7, 11) is 0. The highest BCUT2D eigenvalue weighted by Crippen LogP contribution is 2.37. The standard InChI is InChI=1S/C28H32N4O5S2/c1-4-6-12-31-24(30-11-7-9-19(16-30)27(35)36-5-2)21(18(3)22(15-29)25(31)33)14-23-26(34)32(28(38)39-23)17-20-10-8-13-37-20/h8,10,13-14,19H,4-7,9,11-12,16-17H2,1-3H3/b23-14-. The summed E-state index contributed by atoms with van der Waals surface area (Å²) in [6.07, 6.45) is 6.32. The van der Waals surface area contributed by atoms with Crippen molar-refractivity contribution in [3.8, 4) is 6.07 Å². The van der Waals surface area contributed by atoms with E-state index in [0.29, 0.717) is 64.6 Å². The smallest absolute Gasteiger partial charge is 0.310 e. The molecule has 4 heterocycles. The first-order valence-electron chi connectivity index (χ1n) is 13.2. The van der Waals surface area contributed by atoms with Gasteiger partial charge < -0.3 is 14.1 Å². The summed E-state index contributed by atoms with van der Waals surface area (Å²) in [5.41, 5.74) is 0.801. The molecule has 0 aromatic carbocycles. The molecule has 2 saturated heterocycles. The van der Waals surface area contributed by atoms with Crippen LogP contribution in [0.15, 0.2) is 32.5 Å². The number of hydrogen-bond acceptors (Lipinski definition) is 9. The number of amides is 1. The number of nitriles is 1. The van der Waals surface area contributed by atoms with Gasteiger partial charge in [0.15, 0.2) is 0 Å². The van der Waals surface area contributed by atoms with E-state index in [1.54, 1.807) is 42.9 Å². The van der Waals surface area contributed by atoms with Crippen LogP contribution in [0.1, 0.15) is 62.0 Å². The maximum absolute atomic E-state index is 13.5. The molecule has 0 aliphatic carbocycles. The lowest BCUT2D eigenvalue weighted by Gasteiger charge is -2.36. The van der Waals surface area contributed by atoms with Gasteiger partial charge in [-0.15, -0.1) is 0 Å². The van der Waals surface area contributed by atoms with Crippen LogP contribution in [-0.4, -0.2) is 45.4 Å². The second-order valence-corrected chi connectivity index (χ2v) is 11.2. The first-order valence-corrected chi connectivity index (χ1v) is 14.4. The van der Waals surface area contributed by atoms with E-state index >= 15 is 0 Å².